The standard InChI is InChI=1S/C25H25N9O2S/c1-30-21-20(22(35)31(2)25(30)36)33(23(26-21)32-13-12-17-8-6-7-9-18(17)16-32)14-15-37-24-27-28-29-34(24)19-10-4-3-5-11-19/h3-11H,12-16H2,1-2H3. The van der Waals surface area contributed by atoms with E-state index in [1.165, 1.54) is 34.5 Å². The second-order valence-electron chi connectivity index (χ2n) is 8.94. The van der Waals surface area contributed by atoms with Gasteiger partial charge in [0.05, 0.1) is 5.69 Å². The van der Waals surface area contributed by atoms with Crippen molar-refractivity contribution in [2.75, 3.05) is 17.2 Å². The Labute approximate surface area is 216 Å². The van der Waals surface area contributed by atoms with E-state index >= 15 is 0 Å². The lowest BCUT2D eigenvalue weighted by molar-refractivity contribution is 0.667. The van der Waals surface area contributed by atoms with Crippen LogP contribution >= 0.6 is 11.8 Å². The van der Waals surface area contributed by atoms with Gasteiger partial charge in [-0.05, 0) is 40.1 Å². The predicted molar refractivity (Wildman–Crippen MR) is 141 cm³/mol. The van der Waals surface area contributed by atoms with Crippen LogP contribution in [0.1, 0.15) is 11.1 Å². The molecule has 0 aliphatic carbocycles. The maximum Gasteiger partial charge on any atom is 0.332 e. The highest BCUT2D eigenvalue weighted by molar-refractivity contribution is 7.99. The number of aryl methyl sites for hydroxylation is 2. The van der Waals surface area contributed by atoms with E-state index in [2.05, 4.69) is 38.6 Å². The molecule has 5 aromatic rings. The molecule has 0 atom stereocenters. The summed E-state index contributed by atoms with van der Waals surface area (Å²) >= 11 is 1.50. The van der Waals surface area contributed by atoms with Crippen LogP contribution in [0.3, 0.4) is 0 Å². The van der Waals surface area contributed by atoms with E-state index in [1.54, 1.807) is 11.7 Å². The van der Waals surface area contributed by atoms with E-state index in [4.69, 9.17) is 4.98 Å². The van der Waals surface area contributed by atoms with Gasteiger partial charge in [-0.3, -0.25) is 13.9 Å². The fourth-order valence-corrected chi connectivity index (χ4v) is 5.60. The van der Waals surface area contributed by atoms with Crippen LogP contribution < -0.4 is 16.1 Å². The summed E-state index contributed by atoms with van der Waals surface area (Å²) in [6.45, 7) is 1.95. The van der Waals surface area contributed by atoms with E-state index in [0.717, 1.165) is 23.2 Å². The Morgan fingerprint density at radius 2 is 1.70 bits per heavy atom. The van der Waals surface area contributed by atoms with Gasteiger partial charge in [0.2, 0.25) is 11.1 Å². The largest absolute Gasteiger partial charge is 0.338 e. The number of nitrogens with zero attached hydrogens (tertiary/aromatic N) is 9. The zero-order valence-electron chi connectivity index (χ0n) is 20.5. The Kier molecular flexibility index (Phi) is 5.87. The lowest BCUT2D eigenvalue weighted by Gasteiger charge is -2.30. The molecule has 4 heterocycles. The fourth-order valence-electron chi connectivity index (χ4n) is 4.78. The summed E-state index contributed by atoms with van der Waals surface area (Å²) in [7, 11) is 3.15. The molecule has 188 valence electrons. The molecule has 0 saturated heterocycles. The highest BCUT2D eigenvalue weighted by Crippen LogP contribution is 2.27. The van der Waals surface area contributed by atoms with Crippen LogP contribution in [0, 0.1) is 0 Å². The molecule has 11 nitrogen and oxygen atoms in total. The molecule has 0 N–H and O–H groups in total. The molecule has 2 aromatic carbocycles. The average molecular weight is 516 g/mol. The minimum absolute atomic E-state index is 0.353. The minimum Gasteiger partial charge on any atom is -0.338 e. The van der Waals surface area contributed by atoms with Crippen molar-refractivity contribution in [1.82, 2.24) is 38.9 Å². The molecule has 0 spiro atoms. The Bertz CT molecular complexity index is 1720. The van der Waals surface area contributed by atoms with Gasteiger partial charge in [-0.15, -0.1) is 5.10 Å². The summed E-state index contributed by atoms with van der Waals surface area (Å²) in [4.78, 5) is 32.9. The third-order valence-electron chi connectivity index (χ3n) is 6.73. The van der Waals surface area contributed by atoms with Gasteiger partial charge in [-0.2, -0.15) is 9.67 Å². The first-order valence-corrected chi connectivity index (χ1v) is 13.0. The van der Waals surface area contributed by atoms with Crippen molar-refractivity contribution in [2.24, 2.45) is 14.1 Å². The summed E-state index contributed by atoms with van der Waals surface area (Å²) in [5.74, 6) is 1.29. The normalized spacial score (nSPS) is 13.3. The number of hydrogen-bond donors (Lipinski definition) is 0. The van der Waals surface area contributed by atoms with Crippen LogP contribution in [0.2, 0.25) is 0 Å². The number of tetrazole rings is 1. The molecule has 0 fully saturated rings. The molecule has 3 aromatic heterocycles. The van der Waals surface area contributed by atoms with Crippen molar-refractivity contribution in [3.05, 3.63) is 86.6 Å². The number of para-hydroxylation sites is 1. The Balaban J connectivity index is 1.37. The first-order valence-electron chi connectivity index (χ1n) is 12.0. The van der Waals surface area contributed by atoms with Crippen molar-refractivity contribution < 1.29 is 0 Å². The third-order valence-corrected chi connectivity index (χ3v) is 7.63. The number of benzene rings is 2. The van der Waals surface area contributed by atoms with Crippen molar-refractivity contribution in [2.45, 2.75) is 24.7 Å². The van der Waals surface area contributed by atoms with Crippen LogP contribution in [0.5, 0.6) is 0 Å². The third kappa shape index (κ3) is 4.02. The smallest absolute Gasteiger partial charge is 0.332 e. The zero-order valence-corrected chi connectivity index (χ0v) is 21.3. The average Bonchev–Trinajstić information content (AvgIpc) is 3.56. The molecule has 0 amide bonds. The van der Waals surface area contributed by atoms with Gasteiger partial charge < -0.3 is 9.47 Å². The number of hydrogen-bond acceptors (Lipinski definition) is 8. The van der Waals surface area contributed by atoms with E-state index < -0.39 is 5.69 Å². The molecular formula is C25H25N9O2S. The van der Waals surface area contributed by atoms with Crippen LogP contribution in [0.4, 0.5) is 5.95 Å². The van der Waals surface area contributed by atoms with E-state index in [1.807, 2.05) is 41.0 Å². The van der Waals surface area contributed by atoms with Crippen molar-refractivity contribution in [1.29, 1.82) is 0 Å². The second kappa shape index (κ2) is 9.36. The van der Waals surface area contributed by atoms with E-state index in [0.29, 0.717) is 41.1 Å². The van der Waals surface area contributed by atoms with Crippen molar-refractivity contribution in [3.8, 4) is 5.69 Å². The topological polar surface area (TPSA) is 109 Å². The molecule has 0 saturated carbocycles. The Hall–Kier alpha value is -4.19. The second-order valence-corrected chi connectivity index (χ2v) is 10.0. The van der Waals surface area contributed by atoms with E-state index in [-0.39, 0.29) is 5.56 Å². The number of anilines is 1. The molecule has 0 radical (unpaired) electrons. The van der Waals surface area contributed by atoms with E-state index in [9.17, 15) is 9.59 Å². The maximum atomic E-state index is 13.3. The number of thioether (sulfide) groups is 1. The van der Waals surface area contributed by atoms with Crippen LogP contribution in [-0.2, 0) is 33.6 Å². The zero-order chi connectivity index (χ0) is 25.5. The van der Waals surface area contributed by atoms with Gasteiger partial charge in [0.15, 0.2) is 11.2 Å². The Morgan fingerprint density at radius 3 is 2.51 bits per heavy atom. The molecule has 12 heteroatoms. The molecular weight excluding hydrogens is 490 g/mol. The van der Waals surface area contributed by atoms with Gasteiger partial charge in [0.25, 0.3) is 5.56 Å². The summed E-state index contributed by atoms with van der Waals surface area (Å²) in [6.07, 6.45) is 0.886. The highest BCUT2D eigenvalue weighted by Gasteiger charge is 2.25. The molecule has 0 unspecified atom stereocenters. The van der Waals surface area contributed by atoms with Crippen LogP contribution in [0.25, 0.3) is 16.9 Å². The highest BCUT2D eigenvalue weighted by atomic mass is 32.2. The summed E-state index contributed by atoms with van der Waals surface area (Å²) in [5.41, 5.74) is 3.50. The van der Waals surface area contributed by atoms with Gasteiger partial charge in [0.1, 0.15) is 0 Å². The van der Waals surface area contributed by atoms with Crippen molar-refractivity contribution >= 4 is 28.9 Å². The first-order chi connectivity index (χ1) is 18.0. The monoisotopic (exact) mass is 515 g/mol. The minimum atomic E-state index is -0.394. The number of aromatic nitrogens is 8. The molecule has 1 aliphatic heterocycles. The van der Waals surface area contributed by atoms with Gasteiger partial charge in [-0.25, -0.2) is 4.79 Å². The SMILES string of the molecule is Cn1c(=O)c2c(nc(N3CCc4ccccc4C3)n2CCSc2nnnn2-c2ccccc2)n(C)c1=O. The first kappa shape index (κ1) is 23.2. The predicted octanol–water partition coefficient (Wildman–Crippen LogP) is 1.76. The van der Waals surface area contributed by atoms with Crippen molar-refractivity contribution in [3.63, 3.8) is 0 Å². The van der Waals surface area contributed by atoms with Crippen LogP contribution in [0.15, 0.2) is 69.3 Å². The summed E-state index contributed by atoms with van der Waals surface area (Å²) in [5, 5.41) is 12.8. The lowest BCUT2D eigenvalue weighted by Crippen LogP contribution is -2.37. The van der Waals surface area contributed by atoms with Gasteiger partial charge in [-0.1, -0.05) is 54.2 Å². The summed E-state index contributed by atoms with van der Waals surface area (Å²) < 4.78 is 6.22. The van der Waals surface area contributed by atoms with Gasteiger partial charge >= 0.3 is 5.69 Å². The lowest BCUT2D eigenvalue weighted by atomic mass is 10.0. The summed E-state index contributed by atoms with van der Waals surface area (Å²) in [6, 6.07) is 18.1. The Morgan fingerprint density at radius 1 is 0.946 bits per heavy atom. The molecule has 37 heavy (non-hydrogen) atoms. The molecule has 0 bridgehead atoms. The van der Waals surface area contributed by atoms with Crippen LogP contribution in [-0.4, -0.2) is 51.2 Å². The maximum absolute atomic E-state index is 13.3. The van der Waals surface area contributed by atoms with Gasteiger partial charge in [0, 0.05) is 39.5 Å². The fraction of sp³-hybridized carbons (Fsp3) is 0.280. The quantitative estimate of drug-likeness (QED) is 0.315. The number of fused-ring (bicyclic) bond motifs is 2. The number of imidazole rings is 1. The number of rotatable bonds is 6. The molecule has 1 aliphatic rings. The molecule has 6 rings (SSSR count).